The number of benzene rings is 1. The van der Waals surface area contributed by atoms with Crippen molar-refractivity contribution >= 4 is 5.91 Å². The molecule has 0 radical (unpaired) electrons. The van der Waals surface area contributed by atoms with E-state index < -0.39 is 24.9 Å². The molecule has 4 nitrogen and oxygen atoms in total. The van der Waals surface area contributed by atoms with Gasteiger partial charge >= 0.3 is 6.18 Å². The second kappa shape index (κ2) is 6.49. The van der Waals surface area contributed by atoms with Crippen LogP contribution in [0.1, 0.15) is 25.3 Å². The third kappa shape index (κ3) is 5.81. The summed E-state index contributed by atoms with van der Waals surface area (Å²) in [6.45, 7) is 1.65. The van der Waals surface area contributed by atoms with Crippen LogP contribution in [0.25, 0.3) is 0 Å². The van der Waals surface area contributed by atoms with Gasteiger partial charge in [0, 0.05) is 12.5 Å². The summed E-state index contributed by atoms with van der Waals surface area (Å²) >= 11 is 0. The normalized spacial score (nSPS) is 13.0. The minimum Gasteiger partial charge on any atom is -0.504 e. The summed E-state index contributed by atoms with van der Waals surface area (Å²) in [5.41, 5.74) is 0.656. The Kier molecular flexibility index (Phi) is 5.24. The molecule has 0 heterocycles. The second-order valence-corrected chi connectivity index (χ2v) is 4.61. The first kappa shape index (κ1) is 16.1. The van der Waals surface area contributed by atoms with Crippen molar-refractivity contribution in [2.75, 3.05) is 0 Å². The maximum absolute atomic E-state index is 12.0. The zero-order chi connectivity index (χ0) is 15.3. The number of carbonyl (C=O) groups excluding carboxylic acids is 1. The summed E-state index contributed by atoms with van der Waals surface area (Å²) in [6.07, 6.45) is -5.75. The molecule has 0 bridgehead atoms. The predicted octanol–water partition coefficient (Wildman–Crippen LogP) is 2.49. The van der Waals surface area contributed by atoms with Gasteiger partial charge in [-0.05, 0) is 31.0 Å². The monoisotopic (exact) mass is 291 g/mol. The fraction of sp³-hybridized carbons (Fsp3) is 0.462. The van der Waals surface area contributed by atoms with Crippen molar-refractivity contribution in [2.24, 2.45) is 0 Å². The van der Waals surface area contributed by atoms with Crippen LogP contribution in [0.4, 0.5) is 13.2 Å². The molecule has 7 heteroatoms. The molecule has 0 spiro atoms. The maximum Gasteiger partial charge on any atom is 0.389 e. The average molecular weight is 291 g/mol. The van der Waals surface area contributed by atoms with Gasteiger partial charge in [-0.25, -0.2) is 0 Å². The Hall–Kier alpha value is -1.92. The maximum atomic E-state index is 12.0. The minimum atomic E-state index is -4.34. The Labute approximate surface area is 114 Å². The number of hydrogen-bond acceptors (Lipinski definition) is 3. The van der Waals surface area contributed by atoms with Crippen molar-refractivity contribution in [3.63, 3.8) is 0 Å². The molecule has 0 aliphatic carbocycles. The summed E-state index contributed by atoms with van der Waals surface area (Å²) in [6, 6.07) is 3.84. The van der Waals surface area contributed by atoms with Crippen molar-refractivity contribution < 1.29 is 28.2 Å². The van der Waals surface area contributed by atoms with Crippen LogP contribution < -0.4 is 5.32 Å². The molecule has 1 aromatic rings. The lowest BCUT2D eigenvalue weighted by Gasteiger charge is -2.15. The number of carbonyl (C=O) groups is 1. The quantitative estimate of drug-likeness (QED) is 0.730. The van der Waals surface area contributed by atoms with Gasteiger partial charge in [-0.1, -0.05) is 6.07 Å². The molecule has 0 saturated carbocycles. The van der Waals surface area contributed by atoms with E-state index in [1.165, 1.54) is 12.1 Å². The highest BCUT2D eigenvalue weighted by molar-refractivity contribution is 5.76. The highest BCUT2D eigenvalue weighted by Gasteiger charge is 2.28. The molecule has 1 atom stereocenters. The van der Waals surface area contributed by atoms with Gasteiger partial charge in [-0.3, -0.25) is 4.79 Å². The third-order valence-electron chi connectivity index (χ3n) is 2.62. The van der Waals surface area contributed by atoms with Gasteiger partial charge in [0.05, 0.1) is 6.42 Å². The van der Waals surface area contributed by atoms with Gasteiger partial charge in [0.1, 0.15) is 0 Å². The predicted molar refractivity (Wildman–Crippen MR) is 66.4 cm³/mol. The number of aromatic hydroxyl groups is 2. The first-order chi connectivity index (χ1) is 9.17. The molecule has 0 saturated heterocycles. The molecule has 1 amide bonds. The van der Waals surface area contributed by atoms with E-state index in [1.807, 2.05) is 0 Å². The van der Waals surface area contributed by atoms with Crippen LogP contribution in [-0.2, 0) is 11.2 Å². The van der Waals surface area contributed by atoms with Gasteiger partial charge < -0.3 is 15.5 Å². The number of phenols is 2. The van der Waals surface area contributed by atoms with Crippen LogP contribution >= 0.6 is 0 Å². The Morgan fingerprint density at radius 1 is 1.30 bits per heavy atom. The number of phenolic OH excluding ortho intramolecular Hbond substituents is 2. The highest BCUT2D eigenvalue weighted by atomic mass is 19.4. The minimum absolute atomic E-state index is 0.254. The summed E-state index contributed by atoms with van der Waals surface area (Å²) in [5.74, 6) is -1.20. The fourth-order valence-electron chi connectivity index (χ4n) is 1.70. The molecule has 20 heavy (non-hydrogen) atoms. The van der Waals surface area contributed by atoms with E-state index in [9.17, 15) is 23.1 Å². The van der Waals surface area contributed by atoms with Gasteiger partial charge in [-0.2, -0.15) is 13.2 Å². The van der Waals surface area contributed by atoms with E-state index in [-0.39, 0.29) is 17.5 Å². The summed E-state index contributed by atoms with van der Waals surface area (Å²) in [7, 11) is 0. The summed E-state index contributed by atoms with van der Waals surface area (Å²) < 4.78 is 35.9. The van der Waals surface area contributed by atoms with Gasteiger partial charge in [0.2, 0.25) is 5.91 Å². The molecule has 0 aliphatic heterocycles. The van der Waals surface area contributed by atoms with Crippen LogP contribution in [0, 0.1) is 0 Å². The van der Waals surface area contributed by atoms with E-state index in [1.54, 1.807) is 13.0 Å². The molecule has 112 valence electrons. The lowest BCUT2D eigenvalue weighted by atomic mass is 10.1. The lowest BCUT2D eigenvalue weighted by Crippen LogP contribution is -2.34. The number of hydrogen-bond donors (Lipinski definition) is 3. The molecular formula is C13H16F3NO3. The SMILES string of the molecule is C[C@H](Cc1ccc(O)c(O)c1)NC(=O)CCC(F)(F)F. The molecule has 3 N–H and O–H groups in total. The van der Waals surface area contributed by atoms with E-state index in [4.69, 9.17) is 5.11 Å². The molecular weight excluding hydrogens is 275 g/mol. The average Bonchev–Trinajstić information content (AvgIpc) is 2.30. The van der Waals surface area contributed by atoms with Crippen molar-refractivity contribution in [3.8, 4) is 11.5 Å². The molecule has 0 aromatic heterocycles. The van der Waals surface area contributed by atoms with Crippen LogP contribution in [-0.4, -0.2) is 28.3 Å². The second-order valence-electron chi connectivity index (χ2n) is 4.61. The summed E-state index contributed by atoms with van der Waals surface area (Å²) in [5, 5.41) is 20.9. The number of rotatable bonds is 5. The number of halogens is 3. The molecule has 0 fully saturated rings. The van der Waals surface area contributed by atoms with Crippen LogP contribution in [0.15, 0.2) is 18.2 Å². The van der Waals surface area contributed by atoms with Crippen LogP contribution in [0.2, 0.25) is 0 Å². The molecule has 1 aromatic carbocycles. The highest BCUT2D eigenvalue weighted by Crippen LogP contribution is 2.25. The lowest BCUT2D eigenvalue weighted by molar-refractivity contribution is -0.144. The van der Waals surface area contributed by atoms with E-state index in [2.05, 4.69) is 5.32 Å². The van der Waals surface area contributed by atoms with E-state index >= 15 is 0 Å². The summed E-state index contributed by atoms with van der Waals surface area (Å²) in [4.78, 5) is 11.3. The Bertz CT molecular complexity index is 474. The first-order valence-corrected chi connectivity index (χ1v) is 6.04. The largest absolute Gasteiger partial charge is 0.504 e. The van der Waals surface area contributed by atoms with Gasteiger partial charge in [0.25, 0.3) is 0 Å². The van der Waals surface area contributed by atoms with Crippen molar-refractivity contribution in [1.82, 2.24) is 5.32 Å². The standard InChI is InChI=1S/C13H16F3NO3/c1-8(17-12(20)4-5-13(14,15)16)6-9-2-3-10(18)11(19)7-9/h2-3,7-8,18-19H,4-6H2,1H3,(H,17,20)/t8-/m1/s1. The third-order valence-corrected chi connectivity index (χ3v) is 2.62. The molecule has 0 aliphatic rings. The van der Waals surface area contributed by atoms with Gasteiger partial charge in [-0.15, -0.1) is 0 Å². The van der Waals surface area contributed by atoms with Gasteiger partial charge in [0.15, 0.2) is 11.5 Å². The van der Waals surface area contributed by atoms with Crippen molar-refractivity contribution in [2.45, 2.75) is 38.4 Å². The Balaban J connectivity index is 2.44. The number of amides is 1. The Morgan fingerprint density at radius 2 is 1.95 bits per heavy atom. The zero-order valence-corrected chi connectivity index (χ0v) is 10.9. The smallest absolute Gasteiger partial charge is 0.389 e. The topological polar surface area (TPSA) is 69.6 Å². The molecule has 0 unspecified atom stereocenters. The van der Waals surface area contributed by atoms with E-state index in [0.717, 1.165) is 0 Å². The van der Waals surface area contributed by atoms with Crippen molar-refractivity contribution in [3.05, 3.63) is 23.8 Å². The van der Waals surface area contributed by atoms with Crippen LogP contribution in [0.3, 0.4) is 0 Å². The zero-order valence-electron chi connectivity index (χ0n) is 10.9. The first-order valence-electron chi connectivity index (χ1n) is 6.04. The Morgan fingerprint density at radius 3 is 2.50 bits per heavy atom. The molecule has 1 rings (SSSR count). The van der Waals surface area contributed by atoms with Crippen LogP contribution in [0.5, 0.6) is 11.5 Å². The van der Waals surface area contributed by atoms with Crippen molar-refractivity contribution in [1.29, 1.82) is 0 Å². The fourth-order valence-corrected chi connectivity index (χ4v) is 1.70. The number of nitrogens with one attached hydrogen (secondary N) is 1. The number of alkyl halides is 3. The van der Waals surface area contributed by atoms with E-state index in [0.29, 0.717) is 12.0 Å².